The molecular formula is C62H68Cl2F3N17O10. The molecule has 0 saturated carbocycles. The van der Waals surface area contributed by atoms with E-state index in [-0.39, 0.29) is 38.6 Å². The first kappa shape index (κ1) is 69.8. The molecule has 9 aromatic rings. The molecule has 0 fully saturated rings. The van der Waals surface area contributed by atoms with Crippen LogP contribution in [0.25, 0.3) is 22.5 Å². The number of amides is 4. The van der Waals surface area contributed by atoms with Crippen LogP contribution in [0.5, 0.6) is 17.2 Å². The van der Waals surface area contributed by atoms with Crippen LogP contribution in [0.1, 0.15) is 67.5 Å². The number of aliphatic hydroxyl groups excluding tert-OH is 3. The Morgan fingerprint density at radius 1 is 0.596 bits per heavy atom. The van der Waals surface area contributed by atoms with Gasteiger partial charge in [0.2, 0.25) is 23.7 Å². The number of carbonyl (C=O) groups is 4. The van der Waals surface area contributed by atoms with Crippen molar-refractivity contribution in [3.8, 4) is 39.8 Å². The highest BCUT2D eigenvalue weighted by Gasteiger charge is 2.37. The summed E-state index contributed by atoms with van der Waals surface area (Å²) >= 11 is 12.8. The van der Waals surface area contributed by atoms with E-state index in [1.807, 2.05) is 0 Å². The number of anilines is 4. The topological polar surface area (TPSA) is 334 Å². The van der Waals surface area contributed by atoms with Crippen molar-refractivity contribution in [3.63, 3.8) is 0 Å². The molecule has 5 atom stereocenters. The largest absolute Gasteiger partial charge is 0.497 e. The highest BCUT2D eigenvalue weighted by atomic mass is 35.5. The van der Waals surface area contributed by atoms with Crippen molar-refractivity contribution < 1.29 is 61.9 Å². The molecule has 6 aromatic heterocycles. The summed E-state index contributed by atoms with van der Waals surface area (Å²) in [6, 6.07) is 14.2. The van der Waals surface area contributed by atoms with E-state index in [0.717, 1.165) is 0 Å². The maximum absolute atomic E-state index is 14.0. The van der Waals surface area contributed by atoms with E-state index in [1.165, 1.54) is 101 Å². The molecule has 9 N–H and O–H groups in total. The van der Waals surface area contributed by atoms with Crippen LogP contribution in [0, 0.1) is 17.5 Å². The summed E-state index contributed by atoms with van der Waals surface area (Å²) in [5.74, 6) is 0.330. The Kier molecular flexibility index (Phi) is 22.7. The normalized spacial score (nSPS) is 13.8. The van der Waals surface area contributed by atoms with Gasteiger partial charge >= 0.3 is 12.1 Å². The van der Waals surface area contributed by atoms with Crippen molar-refractivity contribution >= 4 is 70.6 Å². The van der Waals surface area contributed by atoms with Crippen molar-refractivity contribution in [3.05, 3.63) is 172 Å². The van der Waals surface area contributed by atoms with Gasteiger partial charge < -0.3 is 66.3 Å². The molecular weight excluding hydrogens is 1270 g/mol. The van der Waals surface area contributed by atoms with Crippen LogP contribution >= 0.6 is 23.2 Å². The first-order valence-corrected chi connectivity index (χ1v) is 29.1. The summed E-state index contributed by atoms with van der Waals surface area (Å²) < 4.78 is 62.0. The van der Waals surface area contributed by atoms with E-state index >= 15 is 0 Å². The number of rotatable bonds is 21. The molecule has 94 heavy (non-hydrogen) atoms. The molecule has 0 spiro atoms. The number of aryl methyl sites for hydroxylation is 2. The van der Waals surface area contributed by atoms with E-state index in [0.29, 0.717) is 89.9 Å². The summed E-state index contributed by atoms with van der Waals surface area (Å²) in [4.78, 5) is 72.8. The van der Waals surface area contributed by atoms with Crippen molar-refractivity contribution in [2.24, 2.45) is 19.8 Å². The fourth-order valence-corrected chi connectivity index (χ4v) is 10.3. The number of hydrogen-bond acceptors (Lipinski definition) is 19. The van der Waals surface area contributed by atoms with Gasteiger partial charge in [0.1, 0.15) is 58.4 Å². The molecule has 0 unspecified atom stereocenters. The minimum atomic E-state index is -0.892. The average molecular weight is 1340 g/mol. The molecule has 2 aliphatic heterocycles. The highest BCUT2D eigenvalue weighted by Crippen LogP contribution is 2.35. The van der Waals surface area contributed by atoms with Crippen LogP contribution in [-0.2, 0) is 36.8 Å². The average Bonchev–Trinajstić information content (AvgIpc) is 1.62. The number of aliphatic hydroxyl groups is 3. The second-order valence-electron chi connectivity index (χ2n) is 21.1. The number of nitrogens with zero attached hydrogens (tertiary/aromatic N) is 12. The Balaban J connectivity index is 0.000000201. The number of carbonyl (C=O) groups excluding carboxylic acids is 4. The number of methoxy groups -OCH3 is 3. The van der Waals surface area contributed by atoms with Gasteiger partial charge in [-0.3, -0.25) is 28.1 Å². The van der Waals surface area contributed by atoms with Crippen LogP contribution < -0.4 is 41.2 Å². The molecule has 0 saturated heterocycles. The van der Waals surface area contributed by atoms with Crippen LogP contribution in [0.3, 0.4) is 0 Å². The predicted molar refractivity (Wildman–Crippen MR) is 341 cm³/mol. The standard InChI is InChI=1S/2C26H26ClFN8O4.C9H12FNO2.CH4/c2*1-14(24(38)31-21(13-37)15-6-17(28)9-19(8-15)40-3)35-12-18-7-16(11-36(18)26(35)39)23-20(27)10-29-25(33-23)32-22-4-5-30-34(22)2;1-13-8-3-6(9(11)5-12)2-7(10)4-8;/h2*4-11,14,21,37H,12-13H2,1-3H3,(H,31,38)(H,29,32,33);2-4,9,12H,5,11H2,1H3;1H4/t14-,21+;14-,21-;9-;/m011./s1. The number of ether oxygens (including phenoxy) is 3. The molecule has 0 aliphatic carbocycles. The van der Waals surface area contributed by atoms with Crippen molar-refractivity contribution in [2.45, 2.75) is 64.6 Å². The van der Waals surface area contributed by atoms with Crippen LogP contribution in [-0.4, -0.2) is 151 Å². The number of fused-ring (bicyclic) bond motifs is 2. The Labute approximate surface area is 546 Å². The molecule has 4 amide bonds. The zero-order valence-corrected chi connectivity index (χ0v) is 52.4. The monoisotopic (exact) mass is 1340 g/mol. The quantitative estimate of drug-likeness (QED) is 0.0338. The maximum Gasteiger partial charge on any atom is 0.329 e. The lowest BCUT2D eigenvalue weighted by Gasteiger charge is -2.25. The maximum atomic E-state index is 14.0. The van der Waals surface area contributed by atoms with Gasteiger partial charge in [0, 0.05) is 79.3 Å². The molecule has 0 bridgehead atoms. The SMILES string of the molecule is C.COc1cc(F)cc([C@@H](CO)NC(=O)[C@@H](C)N2Cc3cc(-c4nc(Nc5ccnn5C)ncc4Cl)cn3C2=O)c1.COc1cc(F)cc([C@@H](CO)NC(=O)[C@H](C)N2Cc3cc(-c4nc(Nc5ccnn5C)ncc4Cl)cn3C2=O)c1.COc1cc(F)cc([C@H](N)CO)c1. The number of halogens is 5. The summed E-state index contributed by atoms with van der Waals surface area (Å²) in [6.07, 6.45) is 9.44. The molecule has 8 heterocycles. The third-order valence-electron chi connectivity index (χ3n) is 15.0. The first-order valence-electron chi connectivity index (χ1n) is 28.4. The lowest BCUT2D eigenvalue weighted by molar-refractivity contribution is -0.126. The Bertz CT molecular complexity index is 3970. The second-order valence-corrected chi connectivity index (χ2v) is 21.9. The Morgan fingerprint density at radius 3 is 1.30 bits per heavy atom. The van der Waals surface area contributed by atoms with Gasteiger partial charge in [-0.15, -0.1) is 0 Å². The van der Waals surface area contributed by atoms with E-state index < -0.39 is 84.8 Å². The molecule has 11 rings (SSSR count). The van der Waals surface area contributed by atoms with Crippen molar-refractivity contribution in [2.75, 3.05) is 51.8 Å². The third kappa shape index (κ3) is 15.8. The lowest BCUT2D eigenvalue weighted by Crippen LogP contribution is -2.47. The number of hydrogen-bond donors (Lipinski definition) is 8. The Morgan fingerprint density at radius 2 is 0.968 bits per heavy atom. The predicted octanol–water partition coefficient (Wildman–Crippen LogP) is 7.95. The smallest absolute Gasteiger partial charge is 0.329 e. The van der Waals surface area contributed by atoms with Gasteiger partial charge in [-0.1, -0.05) is 30.6 Å². The zero-order chi connectivity index (χ0) is 66.9. The molecule has 496 valence electrons. The highest BCUT2D eigenvalue weighted by molar-refractivity contribution is 6.33. The Hall–Kier alpha value is -10.1. The van der Waals surface area contributed by atoms with Gasteiger partial charge in [0.25, 0.3) is 0 Å². The molecule has 3 aromatic carbocycles. The minimum absolute atomic E-state index is 0. The molecule has 27 nitrogen and oxygen atoms in total. The summed E-state index contributed by atoms with van der Waals surface area (Å²) in [6.45, 7) is 2.32. The molecule has 32 heteroatoms. The van der Waals surface area contributed by atoms with Crippen molar-refractivity contribution in [1.29, 1.82) is 0 Å². The van der Waals surface area contributed by atoms with Gasteiger partial charge in [-0.25, -0.2) is 42.7 Å². The van der Waals surface area contributed by atoms with E-state index in [1.54, 1.807) is 92.4 Å². The minimum Gasteiger partial charge on any atom is -0.497 e. The zero-order valence-electron chi connectivity index (χ0n) is 50.9. The summed E-state index contributed by atoms with van der Waals surface area (Å²) in [7, 11) is 7.79. The summed E-state index contributed by atoms with van der Waals surface area (Å²) in [5, 5.41) is 48.8. The third-order valence-corrected chi connectivity index (χ3v) is 15.6. The lowest BCUT2D eigenvalue weighted by atomic mass is 10.1. The van der Waals surface area contributed by atoms with Crippen LogP contribution in [0.4, 0.5) is 46.3 Å². The fraction of sp³-hybridized carbons (Fsp3) is 0.290. The van der Waals surface area contributed by atoms with E-state index in [9.17, 15) is 42.6 Å². The van der Waals surface area contributed by atoms with Gasteiger partial charge in [-0.2, -0.15) is 10.2 Å². The van der Waals surface area contributed by atoms with Crippen LogP contribution in [0.2, 0.25) is 10.0 Å². The number of benzene rings is 3. The van der Waals surface area contributed by atoms with Crippen molar-refractivity contribution in [1.82, 2.24) is 69.1 Å². The fourth-order valence-electron chi connectivity index (χ4n) is 9.89. The molecule has 0 radical (unpaired) electrons. The van der Waals surface area contributed by atoms with E-state index in [4.69, 9.17) is 48.3 Å². The van der Waals surface area contributed by atoms with Crippen LogP contribution in [0.15, 0.2) is 116 Å². The second kappa shape index (κ2) is 30.5. The van der Waals surface area contributed by atoms with Gasteiger partial charge in [0.05, 0.1) is 119 Å². The van der Waals surface area contributed by atoms with Gasteiger partial charge in [-0.05, 0) is 79.1 Å². The number of nitrogens with one attached hydrogen (secondary N) is 4. The number of nitrogens with two attached hydrogens (primary N) is 1. The number of aromatic nitrogens is 10. The molecule has 2 aliphatic rings. The van der Waals surface area contributed by atoms with E-state index in [2.05, 4.69) is 51.4 Å². The van der Waals surface area contributed by atoms with Gasteiger partial charge in [0.15, 0.2) is 0 Å². The summed E-state index contributed by atoms with van der Waals surface area (Å²) in [5.41, 5.74) is 10.1. The first-order chi connectivity index (χ1) is 44.5.